The monoisotopic (exact) mass is 1310 g/mol. The topological polar surface area (TPSA) is 430 Å². The molecule has 512 valence electrons. The molecule has 0 radical (unpaired) electrons. The second kappa shape index (κ2) is 39.0. The fourth-order valence-electron chi connectivity index (χ4n) is 9.74. The van der Waals surface area contributed by atoms with E-state index < -0.39 is 144 Å². The first-order valence-electron chi connectivity index (χ1n) is 30.9. The standard InChI is InChI=1S/C66H90N10O18/c1-37(2)29-47(59(83)69-49(35-53(67)79)61(85)73-51(65(89)91-7)31-41-17-11-9-12-18-41)71-63(87)57(39(5)77)75-55(81)21-15-27-93-45-25-23-43-24-26-46(34-44(43)33-45)94-28-16-22-56(82)76-58(40(6)78)64(88)72-48(30-38(3)4)60(84)70-50(36-54(68)80)62(86)74-52(66(90)92-8)32-42-19-13-10-14-20-42/h9-14,17-20,23-26,33-34,37-40,47-52,57-58,77-78H,15-16,21-22,27-32,35-36H2,1-8H3,(H2,67,79)(H2,68,80)(H,69,83)(H,70,84)(H,71,87)(H,72,88)(H,73,85)(H,74,86)(H,75,81)(H,76,82)/t39?,40?,47?,48?,49?,50?,51-,52-,57?,58?/m0/s1. The van der Waals surface area contributed by atoms with Gasteiger partial charge >= 0.3 is 11.9 Å². The van der Waals surface area contributed by atoms with Gasteiger partial charge in [-0.2, -0.15) is 0 Å². The molecular formula is C66H90N10O18. The Bertz CT molecular complexity index is 3020. The number of aliphatic hydroxyl groups excluding tert-OH is 2. The zero-order valence-corrected chi connectivity index (χ0v) is 54.2. The average Bonchev–Trinajstić information content (AvgIpc) is 1.45. The molecule has 0 aliphatic heterocycles. The van der Waals surface area contributed by atoms with Gasteiger partial charge in [0, 0.05) is 25.7 Å². The molecule has 0 spiro atoms. The lowest BCUT2D eigenvalue weighted by molar-refractivity contribution is -0.146. The number of nitrogens with two attached hydrogens (primary N) is 2. The van der Waals surface area contributed by atoms with Crippen LogP contribution in [0.15, 0.2) is 97.1 Å². The van der Waals surface area contributed by atoms with E-state index in [1.54, 1.807) is 113 Å². The van der Waals surface area contributed by atoms with E-state index in [1.165, 1.54) is 13.8 Å². The number of rotatable bonds is 40. The lowest BCUT2D eigenvalue weighted by Crippen LogP contribution is -2.60. The first-order valence-corrected chi connectivity index (χ1v) is 30.9. The number of primary amides is 2. The molecule has 0 fully saturated rings. The Morgan fingerprint density at radius 1 is 0.415 bits per heavy atom. The number of hydrogen-bond donors (Lipinski definition) is 12. The zero-order valence-electron chi connectivity index (χ0n) is 54.2. The lowest BCUT2D eigenvalue weighted by Gasteiger charge is -2.27. The third kappa shape index (κ3) is 26.9. The van der Waals surface area contributed by atoms with Gasteiger partial charge in [0.05, 0.1) is 52.5 Å². The Balaban J connectivity index is 1.28. The summed E-state index contributed by atoms with van der Waals surface area (Å²) in [6, 6.07) is 16.9. The quantitative estimate of drug-likeness (QED) is 0.0213. The predicted octanol–water partition coefficient (Wildman–Crippen LogP) is 0.472. The van der Waals surface area contributed by atoms with E-state index in [2.05, 4.69) is 42.5 Å². The van der Waals surface area contributed by atoms with Crippen LogP contribution < -0.4 is 63.5 Å². The van der Waals surface area contributed by atoms with Gasteiger partial charge in [0.15, 0.2) is 0 Å². The first-order chi connectivity index (χ1) is 44.6. The van der Waals surface area contributed by atoms with Crippen LogP contribution in [0.25, 0.3) is 10.8 Å². The highest BCUT2D eigenvalue weighted by Gasteiger charge is 2.36. The number of hydrogen-bond acceptors (Lipinski definition) is 18. The van der Waals surface area contributed by atoms with Gasteiger partial charge in [-0.1, -0.05) is 100 Å². The van der Waals surface area contributed by atoms with Gasteiger partial charge in [-0.15, -0.1) is 0 Å². The van der Waals surface area contributed by atoms with Crippen molar-refractivity contribution < 1.29 is 86.7 Å². The van der Waals surface area contributed by atoms with Crippen LogP contribution in [0.5, 0.6) is 11.5 Å². The molecule has 28 heteroatoms. The number of aliphatic hydroxyl groups is 2. The van der Waals surface area contributed by atoms with Gasteiger partial charge < -0.3 is 83.2 Å². The third-order valence-corrected chi connectivity index (χ3v) is 14.5. The smallest absolute Gasteiger partial charge is 0.328 e. The predicted molar refractivity (Wildman–Crippen MR) is 343 cm³/mol. The molecule has 14 N–H and O–H groups in total. The number of carbonyl (C=O) groups excluding carboxylic acids is 12. The SMILES string of the molecule is COC(=O)[C@H](Cc1ccccc1)NC(=O)C(CC(N)=O)NC(=O)C(CC(C)C)NC(=O)C(NC(=O)CCCOc1ccc2ccc(OCCCC(=O)NC(C(=O)NC(CC(C)C)C(=O)NC(CC(N)=O)C(=O)N[C@@H](Cc3ccccc3)C(=O)OC)C(C)O)cc2c1)C(C)O. The summed E-state index contributed by atoms with van der Waals surface area (Å²) < 4.78 is 21.6. The maximum absolute atomic E-state index is 13.8. The molecule has 4 aromatic carbocycles. The Labute approximate surface area is 545 Å². The van der Waals surface area contributed by atoms with E-state index in [4.69, 9.17) is 30.4 Å². The van der Waals surface area contributed by atoms with E-state index in [0.29, 0.717) is 22.6 Å². The molecular weight excluding hydrogens is 1220 g/mol. The number of carbonyl (C=O) groups is 12. The van der Waals surface area contributed by atoms with Crippen LogP contribution in [-0.4, -0.2) is 169 Å². The minimum Gasteiger partial charge on any atom is -0.494 e. The zero-order chi connectivity index (χ0) is 69.6. The van der Waals surface area contributed by atoms with Gasteiger partial charge in [0.1, 0.15) is 59.8 Å². The molecule has 0 aliphatic rings. The molecule has 8 unspecified atom stereocenters. The molecule has 0 saturated heterocycles. The maximum Gasteiger partial charge on any atom is 0.328 e. The molecule has 94 heavy (non-hydrogen) atoms. The van der Waals surface area contributed by atoms with Crippen LogP contribution in [0.2, 0.25) is 0 Å². The minimum atomic E-state index is -1.57. The number of nitrogens with one attached hydrogen (secondary N) is 8. The Morgan fingerprint density at radius 2 is 0.745 bits per heavy atom. The third-order valence-electron chi connectivity index (χ3n) is 14.5. The summed E-state index contributed by atoms with van der Waals surface area (Å²) in [4.78, 5) is 158. The number of ether oxygens (including phenoxy) is 4. The number of benzene rings is 4. The number of amides is 10. The van der Waals surface area contributed by atoms with Crippen LogP contribution in [0.1, 0.15) is 104 Å². The molecule has 0 aliphatic carbocycles. The average molecular weight is 1310 g/mol. The fourth-order valence-corrected chi connectivity index (χ4v) is 9.74. The molecule has 0 aromatic heterocycles. The largest absolute Gasteiger partial charge is 0.494 e. The lowest BCUT2D eigenvalue weighted by atomic mass is 10.0. The molecule has 0 bridgehead atoms. The Morgan fingerprint density at radius 3 is 1.06 bits per heavy atom. The molecule has 28 nitrogen and oxygen atoms in total. The summed E-state index contributed by atoms with van der Waals surface area (Å²) >= 11 is 0. The maximum atomic E-state index is 13.8. The van der Waals surface area contributed by atoms with Gasteiger partial charge in [0.25, 0.3) is 0 Å². The van der Waals surface area contributed by atoms with Crippen molar-refractivity contribution in [3.63, 3.8) is 0 Å². The van der Waals surface area contributed by atoms with Crippen molar-refractivity contribution in [2.24, 2.45) is 23.3 Å². The van der Waals surface area contributed by atoms with Crippen LogP contribution >= 0.6 is 0 Å². The molecule has 0 heterocycles. The van der Waals surface area contributed by atoms with Gasteiger partial charge in [-0.25, -0.2) is 9.59 Å². The summed E-state index contributed by atoms with van der Waals surface area (Å²) in [5.74, 6) is -9.59. The number of esters is 2. The molecule has 10 atom stereocenters. The normalized spacial score (nSPS) is 14.3. The van der Waals surface area contributed by atoms with Gasteiger partial charge in [0.2, 0.25) is 59.1 Å². The van der Waals surface area contributed by atoms with Crippen molar-refractivity contribution in [1.82, 2.24) is 42.5 Å². The van der Waals surface area contributed by atoms with Crippen LogP contribution in [0.4, 0.5) is 0 Å². The van der Waals surface area contributed by atoms with E-state index >= 15 is 0 Å². The van der Waals surface area contributed by atoms with Crippen LogP contribution in [0, 0.1) is 11.8 Å². The van der Waals surface area contributed by atoms with E-state index in [0.717, 1.165) is 25.0 Å². The van der Waals surface area contributed by atoms with E-state index in [9.17, 15) is 67.7 Å². The van der Waals surface area contributed by atoms with Gasteiger partial charge in [-0.05, 0) is 97.5 Å². The first kappa shape index (κ1) is 76.8. The van der Waals surface area contributed by atoms with E-state index in [1.807, 2.05) is 12.1 Å². The van der Waals surface area contributed by atoms with Crippen molar-refractivity contribution in [3.8, 4) is 11.5 Å². The van der Waals surface area contributed by atoms with Crippen LogP contribution in [0.3, 0.4) is 0 Å². The van der Waals surface area contributed by atoms with Gasteiger partial charge in [-0.3, -0.25) is 47.9 Å². The summed E-state index contributed by atoms with van der Waals surface area (Å²) in [7, 11) is 2.28. The second-order valence-electron chi connectivity index (χ2n) is 23.5. The number of fused-ring (bicyclic) bond motifs is 1. The van der Waals surface area contributed by atoms with Crippen molar-refractivity contribution >= 4 is 81.8 Å². The summed E-state index contributed by atoms with van der Waals surface area (Å²) in [6.07, 6.45) is -3.96. The summed E-state index contributed by atoms with van der Waals surface area (Å²) in [6.45, 7) is 9.75. The van der Waals surface area contributed by atoms with Crippen molar-refractivity contribution in [2.45, 2.75) is 166 Å². The fraction of sp³-hybridized carbons (Fsp3) is 0.485. The molecule has 10 amide bonds. The molecule has 0 saturated carbocycles. The van der Waals surface area contributed by atoms with Crippen LogP contribution in [-0.2, 0) is 79.8 Å². The molecule has 4 rings (SSSR count). The highest BCUT2D eigenvalue weighted by atomic mass is 16.5. The minimum absolute atomic E-state index is 0.0293. The van der Waals surface area contributed by atoms with Crippen molar-refractivity contribution in [3.05, 3.63) is 108 Å². The van der Waals surface area contributed by atoms with Crippen molar-refractivity contribution in [2.75, 3.05) is 27.4 Å². The number of methoxy groups -OCH3 is 2. The second-order valence-corrected chi connectivity index (χ2v) is 23.5. The summed E-state index contributed by atoms with van der Waals surface area (Å²) in [5, 5.41) is 42.9. The van der Waals surface area contributed by atoms with E-state index in [-0.39, 0.29) is 76.4 Å². The Hall–Kier alpha value is -9.70. The Kier molecular flexibility index (Phi) is 31.8. The highest BCUT2D eigenvalue weighted by molar-refractivity contribution is 5.99. The summed E-state index contributed by atoms with van der Waals surface area (Å²) in [5.41, 5.74) is 12.3. The molecule has 4 aromatic rings. The van der Waals surface area contributed by atoms with Crippen molar-refractivity contribution in [1.29, 1.82) is 0 Å². The highest BCUT2D eigenvalue weighted by Crippen LogP contribution is 2.26.